The van der Waals surface area contributed by atoms with Crippen LogP contribution in [0.15, 0.2) is 6.20 Å². The zero-order valence-corrected chi connectivity index (χ0v) is 15.7. The number of aromatic nitrogens is 2. The summed E-state index contributed by atoms with van der Waals surface area (Å²) in [6.45, 7) is -0.554. The summed E-state index contributed by atoms with van der Waals surface area (Å²) in [6.07, 6.45) is 7.61. The van der Waals surface area contributed by atoms with E-state index in [9.17, 15) is 18.7 Å². The van der Waals surface area contributed by atoms with Crippen LogP contribution in [0, 0.1) is 11.8 Å². The van der Waals surface area contributed by atoms with Gasteiger partial charge in [0.15, 0.2) is 11.5 Å². The molecule has 2 heterocycles. The fourth-order valence-electron chi connectivity index (χ4n) is 3.50. The molecule has 2 aliphatic carbocycles. The van der Waals surface area contributed by atoms with Crippen LogP contribution in [0.4, 0.5) is 14.6 Å². The Labute approximate surface area is 162 Å². The maximum Gasteiger partial charge on any atom is 0.282 e. The van der Waals surface area contributed by atoms with Gasteiger partial charge in [-0.1, -0.05) is 19.3 Å². The van der Waals surface area contributed by atoms with Crippen molar-refractivity contribution in [2.24, 2.45) is 11.8 Å². The van der Waals surface area contributed by atoms with Gasteiger partial charge in [0.25, 0.3) is 17.7 Å². The molecule has 2 saturated carbocycles. The fourth-order valence-corrected chi connectivity index (χ4v) is 3.50. The molecule has 0 radical (unpaired) electrons. The molecule has 9 heteroatoms. The predicted octanol–water partition coefficient (Wildman–Crippen LogP) is 2.00. The lowest BCUT2D eigenvalue weighted by Crippen LogP contribution is -2.56. The molecule has 1 aromatic heterocycles. The minimum absolute atomic E-state index is 0.0638. The van der Waals surface area contributed by atoms with E-state index in [1.54, 1.807) is 0 Å². The quantitative estimate of drug-likeness (QED) is 0.664. The second-order valence-corrected chi connectivity index (χ2v) is 8.24. The second-order valence-electron chi connectivity index (χ2n) is 8.24. The Morgan fingerprint density at radius 1 is 1.32 bits per heavy atom. The number of nitrogens with zero attached hydrogens (tertiary/aromatic N) is 3. The van der Waals surface area contributed by atoms with Crippen LogP contribution in [-0.2, 0) is 0 Å². The Morgan fingerprint density at radius 2 is 2.07 bits per heavy atom. The van der Waals surface area contributed by atoms with Crippen molar-refractivity contribution in [1.82, 2.24) is 15.3 Å². The molecule has 1 aliphatic heterocycles. The number of aliphatic hydroxyl groups is 1. The van der Waals surface area contributed by atoms with Gasteiger partial charge in [0.2, 0.25) is 0 Å². The number of aliphatic hydroxyl groups excluding tert-OH is 1. The maximum atomic E-state index is 13.2. The molecule has 4 rings (SSSR count). The van der Waals surface area contributed by atoms with Crippen LogP contribution in [0.3, 0.4) is 0 Å². The predicted molar refractivity (Wildman–Crippen MR) is 97.7 cm³/mol. The highest BCUT2D eigenvalue weighted by Crippen LogP contribution is 2.36. The summed E-state index contributed by atoms with van der Waals surface area (Å²) < 4.78 is 32.2. The molecule has 1 amide bonds. The third-order valence-corrected chi connectivity index (χ3v) is 5.65. The largest absolute Gasteiger partial charge is 0.475 e. The van der Waals surface area contributed by atoms with Crippen LogP contribution >= 0.6 is 0 Å². The van der Waals surface area contributed by atoms with Gasteiger partial charge in [0.1, 0.15) is 0 Å². The first kappa shape index (κ1) is 19.3. The number of alkyl halides is 2. The maximum absolute atomic E-state index is 13.2. The summed E-state index contributed by atoms with van der Waals surface area (Å²) in [6, 6.07) is -0.329. The number of amides is 1. The summed E-state index contributed by atoms with van der Waals surface area (Å²) in [5, 5.41) is 12.3. The third-order valence-electron chi connectivity index (χ3n) is 5.65. The molecule has 1 atom stereocenters. The lowest BCUT2D eigenvalue weighted by atomic mass is 9.81. The molecule has 0 aromatic carbocycles. The van der Waals surface area contributed by atoms with Crippen molar-refractivity contribution in [3.63, 3.8) is 0 Å². The Kier molecular flexibility index (Phi) is 5.35. The van der Waals surface area contributed by atoms with Crippen LogP contribution in [0.1, 0.15) is 49.0 Å². The summed E-state index contributed by atoms with van der Waals surface area (Å²) in [5.74, 6) is -1.82. The highest BCUT2D eigenvalue weighted by molar-refractivity contribution is 5.92. The van der Waals surface area contributed by atoms with Gasteiger partial charge in [-0.15, -0.1) is 0 Å². The molecule has 0 spiro atoms. The van der Waals surface area contributed by atoms with Crippen LogP contribution in [0.2, 0.25) is 0 Å². The van der Waals surface area contributed by atoms with Crippen LogP contribution in [-0.4, -0.2) is 59.2 Å². The Hall–Kier alpha value is -2.03. The number of hydrogen-bond donors (Lipinski definition) is 2. The molecular formula is C19H26F2N4O3. The third kappa shape index (κ3) is 4.51. The number of carbonyl (C=O) groups is 1. The number of hydrogen-bond acceptors (Lipinski definition) is 6. The smallest absolute Gasteiger partial charge is 0.282 e. The molecule has 1 unspecified atom stereocenters. The van der Waals surface area contributed by atoms with Gasteiger partial charge >= 0.3 is 0 Å². The average Bonchev–Trinajstić information content (AvgIpc) is 3.43. The summed E-state index contributed by atoms with van der Waals surface area (Å²) in [7, 11) is 0. The topological polar surface area (TPSA) is 87.6 Å². The molecule has 7 nitrogen and oxygen atoms in total. The molecule has 0 bridgehead atoms. The molecule has 3 fully saturated rings. The Morgan fingerprint density at radius 3 is 2.64 bits per heavy atom. The van der Waals surface area contributed by atoms with Crippen molar-refractivity contribution in [3.8, 4) is 5.88 Å². The average molecular weight is 396 g/mol. The number of anilines is 1. The monoisotopic (exact) mass is 396 g/mol. The number of rotatable bonds is 9. The van der Waals surface area contributed by atoms with Crippen LogP contribution in [0.25, 0.3) is 0 Å². The zero-order chi connectivity index (χ0) is 19.7. The van der Waals surface area contributed by atoms with Gasteiger partial charge < -0.3 is 20.1 Å². The first-order valence-corrected chi connectivity index (χ1v) is 9.98. The number of halogens is 2. The molecule has 28 heavy (non-hydrogen) atoms. The summed E-state index contributed by atoms with van der Waals surface area (Å²) in [5.41, 5.74) is 0.0638. The summed E-state index contributed by atoms with van der Waals surface area (Å²) >= 11 is 0. The van der Waals surface area contributed by atoms with Crippen LogP contribution in [0.5, 0.6) is 5.88 Å². The van der Waals surface area contributed by atoms with Gasteiger partial charge in [0, 0.05) is 0 Å². The lowest BCUT2D eigenvalue weighted by molar-refractivity contribution is -0.0270. The Bertz CT molecular complexity index is 717. The van der Waals surface area contributed by atoms with Gasteiger partial charge in [0.05, 0.1) is 38.5 Å². The van der Waals surface area contributed by atoms with Gasteiger partial charge in [-0.2, -0.15) is 0 Å². The van der Waals surface area contributed by atoms with E-state index in [1.165, 1.54) is 17.5 Å². The number of ether oxygens (including phenoxy) is 1. The highest BCUT2D eigenvalue weighted by atomic mass is 19.3. The van der Waals surface area contributed by atoms with E-state index < -0.39 is 24.9 Å². The lowest BCUT2D eigenvalue weighted by Gasteiger charge is -2.39. The van der Waals surface area contributed by atoms with E-state index in [0.29, 0.717) is 18.4 Å². The van der Waals surface area contributed by atoms with Gasteiger partial charge in [-0.05, 0) is 31.1 Å². The standard InChI is InChI=1S/C19H26F2N4O3/c20-19(21)10-25(11-19)16-18(28-9-13-4-5-13)24-15(7-22-16)17(27)23-14(8-26)6-12-2-1-3-12/h7,12-14,26H,1-6,8-11H2,(H,23,27). The van der Waals surface area contributed by atoms with E-state index in [4.69, 9.17) is 4.74 Å². The molecule has 2 N–H and O–H groups in total. The first-order chi connectivity index (χ1) is 13.4. The van der Waals surface area contributed by atoms with Crippen LogP contribution < -0.4 is 15.0 Å². The molecular weight excluding hydrogens is 370 g/mol. The van der Waals surface area contributed by atoms with Crippen molar-refractivity contribution >= 4 is 11.7 Å². The van der Waals surface area contributed by atoms with E-state index in [0.717, 1.165) is 32.1 Å². The molecule has 154 valence electrons. The minimum atomic E-state index is -2.73. The fraction of sp³-hybridized carbons (Fsp3) is 0.737. The Balaban J connectivity index is 1.44. The van der Waals surface area contributed by atoms with Crippen molar-refractivity contribution in [3.05, 3.63) is 11.9 Å². The number of carbonyl (C=O) groups excluding carboxylic acids is 1. The highest BCUT2D eigenvalue weighted by Gasteiger charge is 2.46. The van der Waals surface area contributed by atoms with Crippen molar-refractivity contribution in [2.45, 2.75) is 50.5 Å². The van der Waals surface area contributed by atoms with E-state index in [-0.39, 0.29) is 30.0 Å². The van der Waals surface area contributed by atoms with Crippen molar-refractivity contribution in [1.29, 1.82) is 0 Å². The van der Waals surface area contributed by atoms with Gasteiger partial charge in [-0.3, -0.25) is 4.79 Å². The van der Waals surface area contributed by atoms with Crippen molar-refractivity contribution < 1.29 is 23.4 Å². The molecule has 1 saturated heterocycles. The minimum Gasteiger partial charge on any atom is -0.475 e. The molecule has 3 aliphatic rings. The van der Waals surface area contributed by atoms with E-state index in [1.807, 2.05) is 0 Å². The normalized spacial score (nSPS) is 22.2. The van der Waals surface area contributed by atoms with E-state index in [2.05, 4.69) is 15.3 Å². The zero-order valence-electron chi connectivity index (χ0n) is 15.7. The SMILES string of the molecule is O=C(NC(CO)CC1CCC1)c1cnc(N2CC(F)(F)C2)c(OCC2CC2)n1. The molecule has 1 aromatic rings. The summed E-state index contributed by atoms with van der Waals surface area (Å²) in [4.78, 5) is 22.4. The van der Waals surface area contributed by atoms with Crippen molar-refractivity contribution in [2.75, 3.05) is 31.2 Å². The van der Waals surface area contributed by atoms with E-state index >= 15 is 0 Å². The first-order valence-electron chi connectivity index (χ1n) is 9.98. The number of nitrogens with one attached hydrogen (secondary N) is 1. The van der Waals surface area contributed by atoms with Gasteiger partial charge in [-0.25, -0.2) is 18.7 Å². The second kappa shape index (κ2) is 7.77.